The highest BCUT2D eigenvalue weighted by Crippen LogP contribution is 2.36. The van der Waals surface area contributed by atoms with E-state index in [1.54, 1.807) is 60.7 Å². The molecular weight excluding hydrogens is 539 g/mol. The maximum Gasteiger partial charge on any atom is 0.293 e. The van der Waals surface area contributed by atoms with Gasteiger partial charge in [0.25, 0.3) is 16.8 Å². The van der Waals surface area contributed by atoms with Crippen molar-refractivity contribution in [1.29, 1.82) is 0 Å². The standard InChI is InChI=1S/C26H20Cl2N2O6S/c1-2-35-23-12-16(8-10-22(23)36-15-18-5-3-4-6-21(18)30(33)34)13-24-25(31)29(26(32)37-24)14-17-7-9-19(27)20(28)11-17/h3-13H,2,14-15H2,1H3/b24-13+. The van der Waals surface area contributed by atoms with Crippen molar-refractivity contribution in [2.24, 2.45) is 0 Å². The van der Waals surface area contributed by atoms with Crippen LogP contribution in [0.15, 0.2) is 65.6 Å². The summed E-state index contributed by atoms with van der Waals surface area (Å²) in [7, 11) is 0. The average Bonchev–Trinajstić information content (AvgIpc) is 3.13. The topological polar surface area (TPSA) is 99.0 Å². The maximum atomic E-state index is 12.9. The number of carbonyl (C=O) groups is 2. The second kappa shape index (κ2) is 11.7. The van der Waals surface area contributed by atoms with E-state index in [1.165, 1.54) is 6.07 Å². The quantitative estimate of drug-likeness (QED) is 0.156. The van der Waals surface area contributed by atoms with Crippen molar-refractivity contribution in [3.63, 3.8) is 0 Å². The summed E-state index contributed by atoms with van der Waals surface area (Å²) in [5, 5.41) is 11.6. The lowest BCUT2D eigenvalue weighted by Crippen LogP contribution is -2.27. The Balaban J connectivity index is 1.52. The molecule has 1 heterocycles. The number of rotatable bonds is 9. The number of hydrogen-bond donors (Lipinski definition) is 0. The number of carbonyl (C=O) groups excluding carboxylic acids is 2. The lowest BCUT2D eigenvalue weighted by atomic mass is 10.1. The van der Waals surface area contributed by atoms with Gasteiger partial charge in [0.15, 0.2) is 11.5 Å². The van der Waals surface area contributed by atoms with Crippen LogP contribution in [0.3, 0.4) is 0 Å². The molecule has 3 aromatic rings. The number of benzene rings is 3. The monoisotopic (exact) mass is 558 g/mol. The Morgan fingerprint density at radius 2 is 1.78 bits per heavy atom. The van der Waals surface area contributed by atoms with E-state index >= 15 is 0 Å². The molecule has 0 saturated carbocycles. The highest BCUT2D eigenvalue weighted by molar-refractivity contribution is 8.18. The van der Waals surface area contributed by atoms with E-state index in [-0.39, 0.29) is 23.7 Å². The minimum absolute atomic E-state index is 0.0236. The second-order valence-corrected chi connectivity index (χ2v) is 9.64. The molecule has 0 radical (unpaired) electrons. The molecule has 1 saturated heterocycles. The van der Waals surface area contributed by atoms with Gasteiger partial charge in [-0.2, -0.15) is 0 Å². The predicted molar refractivity (Wildman–Crippen MR) is 143 cm³/mol. The van der Waals surface area contributed by atoms with Gasteiger partial charge in [-0.1, -0.05) is 47.5 Å². The van der Waals surface area contributed by atoms with Crippen LogP contribution in [0, 0.1) is 10.1 Å². The SMILES string of the molecule is CCOc1cc(/C=C2/SC(=O)N(Cc3ccc(Cl)c(Cl)c3)C2=O)ccc1OCc1ccccc1[N+](=O)[O-]. The normalized spacial score (nSPS) is 14.4. The first-order valence-corrected chi connectivity index (χ1v) is 12.6. The molecule has 3 aromatic carbocycles. The van der Waals surface area contributed by atoms with Crippen LogP contribution in [-0.2, 0) is 17.9 Å². The summed E-state index contributed by atoms with van der Waals surface area (Å²) >= 11 is 12.8. The smallest absolute Gasteiger partial charge is 0.293 e. The van der Waals surface area contributed by atoms with Gasteiger partial charge in [-0.25, -0.2) is 0 Å². The summed E-state index contributed by atoms with van der Waals surface area (Å²) < 4.78 is 11.5. The molecule has 190 valence electrons. The van der Waals surface area contributed by atoms with Crippen molar-refractivity contribution in [2.75, 3.05) is 6.61 Å². The van der Waals surface area contributed by atoms with Crippen LogP contribution in [0.2, 0.25) is 10.0 Å². The van der Waals surface area contributed by atoms with Crippen LogP contribution in [-0.4, -0.2) is 27.6 Å². The molecule has 1 aliphatic heterocycles. The maximum absolute atomic E-state index is 12.9. The molecule has 0 atom stereocenters. The van der Waals surface area contributed by atoms with Crippen molar-refractivity contribution in [3.8, 4) is 11.5 Å². The molecule has 11 heteroatoms. The summed E-state index contributed by atoms with van der Waals surface area (Å²) in [5.41, 5.74) is 1.70. The molecule has 37 heavy (non-hydrogen) atoms. The Morgan fingerprint density at radius 1 is 1.00 bits per heavy atom. The summed E-state index contributed by atoms with van der Waals surface area (Å²) in [6.07, 6.45) is 1.61. The molecule has 2 amide bonds. The fourth-order valence-electron chi connectivity index (χ4n) is 3.58. The van der Waals surface area contributed by atoms with Crippen LogP contribution in [0.1, 0.15) is 23.6 Å². The number of halogens is 2. The molecule has 0 N–H and O–H groups in total. The van der Waals surface area contributed by atoms with Crippen molar-refractivity contribution >= 4 is 57.9 Å². The fraction of sp³-hybridized carbons (Fsp3) is 0.154. The van der Waals surface area contributed by atoms with Crippen LogP contribution in [0.5, 0.6) is 11.5 Å². The van der Waals surface area contributed by atoms with Gasteiger partial charge in [0.05, 0.1) is 38.6 Å². The number of nitro groups is 1. The minimum Gasteiger partial charge on any atom is -0.490 e. The highest BCUT2D eigenvalue weighted by atomic mass is 35.5. The number of nitro benzene ring substituents is 1. The van der Waals surface area contributed by atoms with Gasteiger partial charge >= 0.3 is 0 Å². The first kappa shape index (κ1) is 26.5. The summed E-state index contributed by atoms with van der Waals surface area (Å²) in [6.45, 7) is 2.21. The Hall–Kier alpha value is -3.53. The first-order valence-electron chi connectivity index (χ1n) is 11.1. The zero-order valence-corrected chi connectivity index (χ0v) is 21.8. The molecule has 1 fully saturated rings. The van der Waals surface area contributed by atoms with Crippen molar-refractivity contribution in [2.45, 2.75) is 20.1 Å². The zero-order chi connectivity index (χ0) is 26.5. The Bertz CT molecular complexity index is 1410. The molecule has 0 unspecified atom stereocenters. The van der Waals surface area contributed by atoms with Gasteiger partial charge in [-0.3, -0.25) is 24.6 Å². The first-order chi connectivity index (χ1) is 17.8. The molecule has 1 aliphatic rings. The second-order valence-electron chi connectivity index (χ2n) is 7.83. The van der Waals surface area contributed by atoms with Crippen molar-refractivity contribution in [1.82, 2.24) is 4.90 Å². The largest absolute Gasteiger partial charge is 0.490 e. The zero-order valence-electron chi connectivity index (χ0n) is 19.5. The van der Waals surface area contributed by atoms with Crippen LogP contribution in [0.4, 0.5) is 10.5 Å². The number of nitrogens with zero attached hydrogens (tertiary/aromatic N) is 2. The third-order valence-corrected chi connectivity index (χ3v) is 6.98. The van der Waals surface area contributed by atoms with E-state index < -0.39 is 16.1 Å². The van der Waals surface area contributed by atoms with Gasteiger partial charge < -0.3 is 9.47 Å². The number of imide groups is 1. The van der Waals surface area contributed by atoms with Crippen molar-refractivity contribution < 1.29 is 24.0 Å². The van der Waals surface area contributed by atoms with Gasteiger partial charge in [-0.15, -0.1) is 0 Å². The van der Waals surface area contributed by atoms with E-state index in [4.69, 9.17) is 32.7 Å². The van der Waals surface area contributed by atoms with Gasteiger partial charge in [0.1, 0.15) is 6.61 Å². The number of amides is 2. The molecule has 0 aromatic heterocycles. The molecule has 0 spiro atoms. The van der Waals surface area contributed by atoms with Crippen LogP contribution in [0.25, 0.3) is 6.08 Å². The van der Waals surface area contributed by atoms with E-state index in [1.807, 2.05) is 6.92 Å². The minimum atomic E-state index is -0.459. The molecule has 4 rings (SSSR count). The lowest BCUT2D eigenvalue weighted by Gasteiger charge is -2.13. The van der Waals surface area contributed by atoms with Gasteiger partial charge in [0, 0.05) is 6.07 Å². The number of hydrogen-bond acceptors (Lipinski definition) is 7. The lowest BCUT2D eigenvalue weighted by molar-refractivity contribution is -0.385. The van der Waals surface area contributed by atoms with E-state index in [0.29, 0.717) is 44.8 Å². The average molecular weight is 559 g/mol. The molecule has 0 aliphatic carbocycles. The van der Waals surface area contributed by atoms with Crippen molar-refractivity contribution in [3.05, 3.63) is 102 Å². The molecule has 0 bridgehead atoms. The Morgan fingerprint density at radius 3 is 2.51 bits per heavy atom. The number of ether oxygens (including phenoxy) is 2. The highest BCUT2D eigenvalue weighted by Gasteiger charge is 2.35. The van der Waals surface area contributed by atoms with E-state index in [0.717, 1.165) is 16.7 Å². The third kappa shape index (κ3) is 6.25. The van der Waals surface area contributed by atoms with Gasteiger partial charge in [-0.05, 0) is 66.2 Å². The fourth-order valence-corrected chi connectivity index (χ4v) is 4.74. The van der Waals surface area contributed by atoms with Gasteiger partial charge in [0.2, 0.25) is 0 Å². The number of para-hydroxylation sites is 1. The Labute approximate surface area is 226 Å². The summed E-state index contributed by atoms with van der Waals surface area (Å²) in [6, 6.07) is 16.3. The predicted octanol–water partition coefficient (Wildman–Crippen LogP) is 7.12. The summed E-state index contributed by atoms with van der Waals surface area (Å²) in [4.78, 5) is 37.7. The number of thioether (sulfide) groups is 1. The summed E-state index contributed by atoms with van der Waals surface area (Å²) in [5.74, 6) is 0.380. The third-order valence-electron chi connectivity index (χ3n) is 5.34. The van der Waals surface area contributed by atoms with Crippen LogP contribution >= 0.6 is 35.0 Å². The molecular formula is C26H20Cl2N2O6S. The molecule has 8 nitrogen and oxygen atoms in total. The van der Waals surface area contributed by atoms with Crippen LogP contribution < -0.4 is 9.47 Å². The van der Waals surface area contributed by atoms with E-state index in [9.17, 15) is 19.7 Å². The van der Waals surface area contributed by atoms with E-state index in [2.05, 4.69) is 0 Å². The Kier molecular flexibility index (Phi) is 8.38.